The van der Waals surface area contributed by atoms with Crippen molar-refractivity contribution < 1.29 is 14.3 Å². The largest absolute Gasteiger partial charge is 0.497 e. The highest BCUT2D eigenvalue weighted by molar-refractivity contribution is 5.99. The minimum absolute atomic E-state index is 0.0351. The number of anilines is 1. The number of carbonyl (C=O) groups excluding carboxylic acids is 1. The maximum Gasteiger partial charge on any atom is 0.231 e. The van der Waals surface area contributed by atoms with E-state index < -0.39 is 0 Å². The molecule has 0 aliphatic carbocycles. The Balaban J connectivity index is 1.67. The van der Waals surface area contributed by atoms with E-state index in [1.54, 1.807) is 30.5 Å². The SMILES string of the molecule is COc1ccc2cccc(CC(=O)N3CCOc4ccncc43)c2c1. The number of methoxy groups -OCH3 is 1. The van der Waals surface area contributed by atoms with Gasteiger partial charge >= 0.3 is 0 Å². The maximum absolute atomic E-state index is 12.9. The van der Waals surface area contributed by atoms with E-state index >= 15 is 0 Å². The first-order chi connectivity index (χ1) is 12.3. The molecule has 1 amide bonds. The molecule has 2 aromatic carbocycles. The first-order valence-electron chi connectivity index (χ1n) is 8.19. The highest BCUT2D eigenvalue weighted by Crippen LogP contribution is 2.31. The first-order valence-corrected chi connectivity index (χ1v) is 8.19. The normalized spacial score (nSPS) is 13.2. The van der Waals surface area contributed by atoms with Crippen molar-refractivity contribution in [3.63, 3.8) is 0 Å². The Bertz CT molecular complexity index is 939. The van der Waals surface area contributed by atoms with Gasteiger partial charge in [0, 0.05) is 12.3 Å². The van der Waals surface area contributed by atoms with Gasteiger partial charge in [-0.25, -0.2) is 0 Å². The van der Waals surface area contributed by atoms with E-state index in [0.717, 1.165) is 27.8 Å². The Kier molecular flexibility index (Phi) is 3.98. The number of hydrogen-bond donors (Lipinski definition) is 0. The Hall–Kier alpha value is -3.08. The zero-order valence-electron chi connectivity index (χ0n) is 13.9. The summed E-state index contributed by atoms with van der Waals surface area (Å²) in [7, 11) is 1.65. The zero-order valence-corrected chi connectivity index (χ0v) is 13.9. The second-order valence-electron chi connectivity index (χ2n) is 5.92. The molecule has 0 saturated carbocycles. The smallest absolute Gasteiger partial charge is 0.231 e. The summed E-state index contributed by atoms with van der Waals surface area (Å²) in [6, 6.07) is 13.7. The second-order valence-corrected chi connectivity index (χ2v) is 5.92. The van der Waals surface area contributed by atoms with Gasteiger partial charge in [0.25, 0.3) is 0 Å². The molecule has 1 aliphatic heterocycles. The topological polar surface area (TPSA) is 51.7 Å². The average Bonchev–Trinajstić information content (AvgIpc) is 2.67. The highest BCUT2D eigenvalue weighted by atomic mass is 16.5. The summed E-state index contributed by atoms with van der Waals surface area (Å²) < 4.78 is 10.9. The molecular weight excluding hydrogens is 316 g/mol. The highest BCUT2D eigenvalue weighted by Gasteiger charge is 2.24. The van der Waals surface area contributed by atoms with Crippen molar-refractivity contribution in [3.05, 3.63) is 60.4 Å². The molecule has 1 aliphatic rings. The molecule has 0 unspecified atom stereocenters. The molecule has 0 atom stereocenters. The Morgan fingerprint density at radius 3 is 3.08 bits per heavy atom. The van der Waals surface area contributed by atoms with Gasteiger partial charge in [-0.1, -0.05) is 24.3 Å². The average molecular weight is 334 g/mol. The molecule has 0 spiro atoms. The lowest BCUT2D eigenvalue weighted by Crippen LogP contribution is -2.39. The fourth-order valence-electron chi connectivity index (χ4n) is 3.18. The van der Waals surface area contributed by atoms with E-state index in [0.29, 0.717) is 25.3 Å². The molecule has 1 aromatic heterocycles. The lowest BCUT2D eigenvalue weighted by atomic mass is 10.0. The second kappa shape index (κ2) is 6.43. The third kappa shape index (κ3) is 2.89. The van der Waals surface area contributed by atoms with Crippen molar-refractivity contribution in [2.45, 2.75) is 6.42 Å². The summed E-state index contributed by atoms with van der Waals surface area (Å²) in [4.78, 5) is 18.8. The van der Waals surface area contributed by atoms with E-state index in [4.69, 9.17) is 9.47 Å². The Labute approximate surface area is 145 Å². The third-order valence-electron chi connectivity index (χ3n) is 4.45. The van der Waals surface area contributed by atoms with Crippen LogP contribution in [0.4, 0.5) is 5.69 Å². The van der Waals surface area contributed by atoms with Crippen LogP contribution < -0.4 is 14.4 Å². The van der Waals surface area contributed by atoms with Gasteiger partial charge in [-0.15, -0.1) is 0 Å². The van der Waals surface area contributed by atoms with Gasteiger partial charge in [0.05, 0.1) is 26.3 Å². The minimum Gasteiger partial charge on any atom is -0.497 e. The Morgan fingerprint density at radius 1 is 1.28 bits per heavy atom. The summed E-state index contributed by atoms with van der Waals surface area (Å²) in [5.41, 5.74) is 1.72. The fourth-order valence-corrected chi connectivity index (χ4v) is 3.18. The molecule has 0 radical (unpaired) electrons. The Morgan fingerprint density at radius 2 is 2.20 bits per heavy atom. The molecule has 5 heteroatoms. The van der Waals surface area contributed by atoms with E-state index in [9.17, 15) is 4.79 Å². The van der Waals surface area contributed by atoms with Crippen molar-refractivity contribution in [1.29, 1.82) is 0 Å². The van der Waals surface area contributed by atoms with Crippen molar-refractivity contribution in [3.8, 4) is 11.5 Å². The molecule has 2 heterocycles. The van der Waals surface area contributed by atoms with Crippen molar-refractivity contribution in [2.75, 3.05) is 25.2 Å². The van der Waals surface area contributed by atoms with Crippen molar-refractivity contribution in [2.24, 2.45) is 0 Å². The van der Waals surface area contributed by atoms with E-state index in [1.807, 2.05) is 36.4 Å². The van der Waals surface area contributed by atoms with Crippen LogP contribution in [0.2, 0.25) is 0 Å². The number of amides is 1. The van der Waals surface area contributed by atoms with Gasteiger partial charge in [-0.05, 0) is 28.5 Å². The number of rotatable bonds is 3. The van der Waals surface area contributed by atoms with Crippen LogP contribution in [0.3, 0.4) is 0 Å². The molecule has 0 bridgehead atoms. The number of aromatic nitrogens is 1. The van der Waals surface area contributed by atoms with Crippen LogP contribution in [0, 0.1) is 0 Å². The summed E-state index contributed by atoms with van der Waals surface area (Å²) in [5, 5.41) is 2.13. The molecular formula is C20H18N2O3. The number of ether oxygens (including phenoxy) is 2. The van der Waals surface area contributed by atoms with Crippen molar-refractivity contribution in [1.82, 2.24) is 4.98 Å². The van der Waals surface area contributed by atoms with E-state index in [1.165, 1.54) is 0 Å². The number of nitrogens with zero attached hydrogens (tertiary/aromatic N) is 2. The lowest BCUT2D eigenvalue weighted by Gasteiger charge is -2.29. The fraction of sp³-hybridized carbons (Fsp3) is 0.200. The standard InChI is InChI=1S/C20H18N2O3/c1-24-16-6-5-14-3-2-4-15(17(14)12-16)11-20(23)22-9-10-25-19-7-8-21-13-18(19)22/h2-8,12-13H,9-11H2,1H3. The van der Waals surface area contributed by atoms with Gasteiger partial charge in [0.2, 0.25) is 5.91 Å². The van der Waals surface area contributed by atoms with Gasteiger partial charge in [-0.2, -0.15) is 0 Å². The quantitative estimate of drug-likeness (QED) is 0.738. The van der Waals surface area contributed by atoms with Crippen LogP contribution >= 0.6 is 0 Å². The monoisotopic (exact) mass is 334 g/mol. The molecule has 5 nitrogen and oxygen atoms in total. The first kappa shape index (κ1) is 15.4. The number of carbonyl (C=O) groups is 1. The van der Waals surface area contributed by atoms with E-state index in [2.05, 4.69) is 4.98 Å². The van der Waals surface area contributed by atoms with Gasteiger partial charge in [0.15, 0.2) is 0 Å². The number of fused-ring (bicyclic) bond motifs is 2. The van der Waals surface area contributed by atoms with Crippen LogP contribution in [-0.2, 0) is 11.2 Å². The molecule has 0 fully saturated rings. The van der Waals surface area contributed by atoms with Crippen LogP contribution in [0.25, 0.3) is 10.8 Å². The van der Waals surface area contributed by atoms with Crippen LogP contribution in [0.15, 0.2) is 54.9 Å². The molecule has 4 rings (SSSR count). The summed E-state index contributed by atoms with van der Waals surface area (Å²) in [6.45, 7) is 1.03. The number of benzene rings is 2. The van der Waals surface area contributed by atoms with Crippen LogP contribution in [0.1, 0.15) is 5.56 Å². The summed E-state index contributed by atoms with van der Waals surface area (Å²) >= 11 is 0. The lowest BCUT2D eigenvalue weighted by molar-refractivity contribution is -0.118. The summed E-state index contributed by atoms with van der Waals surface area (Å²) in [5.74, 6) is 1.52. The van der Waals surface area contributed by atoms with Gasteiger partial charge < -0.3 is 14.4 Å². The van der Waals surface area contributed by atoms with Crippen molar-refractivity contribution >= 4 is 22.4 Å². The third-order valence-corrected chi connectivity index (χ3v) is 4.45. The molecule has 0 N–H and O–H groups in total. The minimum atomic E-state index is 0.0351. The maximum atomic E-state index is 12.9. The van der Waals surface area contributed by atoms with Gasteiger partial charge in [0.1, 0.15) is 23.8 Å². The molecule has 25 heavy (non-hydrogen) atoms. The molecule has 126 valence electrons. The predicted octanol–water partition coefficient (Wildman–Crippen LogP) is 3.21. The molecule has 0 saturated heterocycles. The summed E-state index contributed by atoms with van der Waals surface area (Å²) in [6.07, 6.45) is 3.67. The van der Waals surface area contributed by atoms with E-state index in [-0.39, 0.29) is 5.91 Å². The number of pyridine rings is 1. The molecule has 3 aromatic rings. The zero-order chi connectivity index (χ0) is 17.2. The number of hydrogen-bond acceptors (Lipinski definition) is 4. The predicted molar refractivity (Wildman–Crippen MR) is 96.3 cm³/mol. The van der Waals surface area contributed by atoms with Crippen LogP contribution in [0.5, 0.6) is 11.5 Å². The van der Waals surface area contributed by atoms with Gasteiger partial charge in [-0.3, -0.25) is 9.78 Å². The van der Waals surface area contributed by atoms with Crippen LogP contribution in [-0.4, -0.2) is 31.2 Å².